The smallest absolute Gasteiger partial charge is 0.204 e. The van der Waals surface area contributed by atoms with Crippen LogP contribution in [0.2, 0.25) is 0 Å². The van der Waals surface area contributed by atoms with Crippen molar-refractivity contribution < 1.29 is 4.79 Å². The summed E-state index contributed by atoms with van der Waals surface area (Å²) in [6, 6.07) is 13.0. The lowest BCUT2D eigenvalue weighted by Crippen LogP contribution is -1.92. The van der Waals surface area contributed by atoms with E-state index in [2.05, 4.69) is 67.2 Å². The Morgan fingerprint density at radius 3 is 1.61 bits per heavy atom. The lowest BCUT2D eigenvalue weighted by atomic mass is 10.0. The second kappa shape index (κ2) is 31.7. The first kappa shape index (κ1) is 35.5. The molecule has 2 aromatic rings. The van der Waals surface area contributed by atoms with Gasteiger partial charge in [-0.1, -0.05) is 95.0 Å². The van der Waals surface area contributed by atoms with Gasteiger partial charge in [0.1, 0.15) is 0 Å². The third kappa shape index (κ3) is 29.4. The largest absolute Gasteiger partial charge is 0.372 e. The van der Waals surface area contributed by atoms with Crippen LogP contribution < -0.4 is 5.73 Å². The van der Waals surface area contributed by atoms with Gasteiger partial charge in [0.2, 0.25) is 6.41 Å². The lowest BCUT2D eigenvalue weighted by molar-refractivity contribution is -0.106. The first-order valence-electron chi connectivity index (χ1n) is 10.9. The fourth-order valence-electron chi connectivity index (χ4n) is 1.80. The minimum atomic E-state index is 0.250. The number of allylic oxidation sites excluding steroid dienone is 4. The maximum Gasteiger partial charge on any atom is 0.204 e. The lowest BCUT2D eigenvalue weighted by Gasteiger charge is -2.03. The second-order valence-corrected chi connectivity index (χ2v) is 5.57. The van der Waals surface area contributed by atoms with Crippen LogP contribution >= 0.6 is 0 Å². The minimum absolute atomic E-state index is 0.250. The van der Waals surface area contributed by atoms with Crippen molar-refractivity contribution in [1.82, 2.24) is 4.98 Å². The van der Waals surface area contributed by atoms with E-state index in [1.165, 1.54) is 16.7 Å². The van der Waals surface area contributed by atoms with Crippen LogP contribution in [0.5, 0.6) is 0 Å². The third-order valence-electron chi connectivity index (χ3n) is 3.28. The van der Waals surface area contributed by atoms with E-state index in [-0.39, 0.29) is 6.41 Å². The third-order valence-corrected chi connectivity index (χ3v) is 3.28. The van der Waals surface area contributed by atoms with Gasteiger partial charge in [-0.05, 0) is 63.8 Å². The fraction of sp³-hybridized carbons (Fsp3) is 0.357. The summed E-state index contributed by atoms with van der Waals surface area (Å²) >= 11 is 0. The predicted molar refractivity (Wildman–Crippen MR) is 141 cm³/mol. The molecule has 0 radical (unpaired) electrons. The number of rotatable bonds is 4. The summed E-state index contributed by atoms with van der Waals surface area (Å²) in [6.07, 6.45) is 11.6. The number of nitrogens with two attached hydrogens (primary N) is 1. The van der Waals surface area contributed by atoms with Gasteiger partial charge in [-0.15, -0.1) is 0 Å². The van der Waals surface area contributed by atoms with Gasteiger partial charge < -0.3 is 5.73 Å². The number of hydrogen-bond donors (Lipinski definition) is 1. The van der Waals surface area contributed by atoms with Crippen molar-refractivity contribution in [2.45, 2.75) is 68.2 Å². The first-order valence-corrected chi connectivity index (χ1v) is 10.9. The Hall–Kier alpha value is -2.94. The Balaban J connectivity index is -0.000000202. The number of benzene rings is 1. The van der Waals surface area contributed by atoms with E-state index in [0.717, 1.165) is 18.5 Å². The summed E-state index contributed by atoms with van der Waals surface area (Å²) in [6.45, 7) is 22.9. The van der Waals surface area contributed by atoms with Gasteiger partial charge in [0.25, 0.3) is 0 Å². The Morgan fingerprint density at radius 2 is 1.26 bits per heavy atom. The Labute approximate surface area is 192 Å². The minimum Gasteiger partial charge on any atom is -0.372 e. The Kier molecular flexibility index (Phi) is 36.3. The highest BCUT2D eigenvalue weighted by Crippen LogP contribution is 2.09. The number of primary amides is 1. The van der Waals surface area contributed by atoms with Crippen molar-refractivity contribution in [2.75, 3.05) is 0 Å². The molecule has 0 aliphatic carbocycles. The molecule has 3 nitrogen and oxygen atoms in total. The van der Waals surface area contributed by atoms with E-state index in [1.54, 1.807) is 12.2 Å². The zero-order chi connectivity index (χ0) is 24.9. The summed E-state index contributed by atoms with van der Waals surface area (Å²) in [5.74, 6) is 0. The molecule has 2 rings (SSSR count). The molecule has 0 spiro atoms. The molecule has 0 fully saturated rings. The predicted octanol–water partition coefficient (Wildman–Crippen LogP) is 7.58. The molecule has 0 aliphatic rings. The van der Waals surface area contributed by atoms with Crippen LogP contribution in [0.25, 0.3) is 0 Å². The summed E-state index contributed by atoms with van der Waals surface area (Å²) in [7, 11) is 0. The average molecular weight is 427 g/mol. The van der Waals surface area contributed by atoms with E-state index in [0.29, 0.717) is 0 Å². The zero-order valence-corrected chi connectivity index (χ0v) is 21.2. The molecule has 0 saturated heterocycles. The highest BCUT2D eigenvalue weighted by Gasteiger charge is 1.96. The molecule has 0 atom stereocenters. The highest BCUT2D eigenvalue weighted by atomic mass is 16.1. The van der Waals surface area contributed by atoms with Gasteiger partial charge in [0.15, 0.2) is 0 Å². The molecule has 1 aromatic heterocycles. The quantitative estimate of drug-likeness (QED) is 0.311. The number of amides is 1. The summed E-state index contributed by atoms with van der Waals surface area (Å²) in [5.41, 5.74) is 9.36. The van der Waals surface area contributed by atoms with Gasteiger partial charge in [0, 0.05) is 11.9 Å². The fourth-order valence-corrected chi connectivity index (χ4v) is 1.80. The highest BCUT2D eigenvalue weighted by molar-refractivity contribution is 5.42. The molecule has 0 bridgehead atoms. The molecule has 0 saturated carbocycles. The molecule has 2 N–H and O–H groups in total. The number of nitrogens with zero attached hydrogens (tertiary/aromatic N) is 1. The van der Waals surface area contributed by atoms with Crippen LogP contribution in [-0.4, -0.2) is 11.4 Å². The molecule has 3 heteroatoms. The van der Waals surface area contributed by atoms with Gasteiger partial charge in [-0.3, -0.25) is 9.78 Å². The van der Waals surface area contributed by atoms with Crippen LogP contribution in [0.15, 0.2) is 80.1 Å². The number of carbonyl (C=O) groups excluding carboxylic acids is 1. The van der Waals surface area contributed by atoms with Crippen molar-refractivity contribution in [3.05, 3.63) is 102 Å². The second-order valence-electron chi connectivity index (χ2n) is 5.57. The van der Waals surface area contributed by atoms with E-state index in [1.807, 2.05) is 66.8 Å². The molecule has 1 aromatic carbocycles. The number of aromatic nitrogens is 1. The molecule has 174 valence electrons. The molecule has 31 heavy (non-hydrogen) atoms. The Bertz CT molecular complexity index is 649. The summed E-state index contributed by atoms with van der Waals surface area (Å²) < 4.78 is 0. The van der Waals surface area contributed by atoms with Crippen molar-refractivity contribution in [1.29, 1.82) is 0 Å². The first-order chi connectivity index (χ1) is 15.0. The molecule has 0 unspecified atom stereocenters. The average Bonchev–Trinajstić information content (AvgIpc) is 2.82. The van der Waals surface area contributed by atoms with Crippen molar-refractivity contribution in [2.24, 2.45) is 5.73 Å². The van der Waals surface area contributed by atoms with Crippen LogP contribution in [0.3, 0.4) is 0 Å². The van der Waals surface area contributed by atoms with Crippen LogP contribution in [0.4, 0.5) is 0 Å². The van der Waals surface area contributed by atoms with Gasteiger partial charge in [0.05, 0.1) is 0 Å². The topological polar surface area (TPSA) is 56.0 Å². The van der Waals surface area contributed by atoms with Crippen molar-refractivity contribution >= 4 is 6.41 Å². The van der Waals surface area contributed by atoms with Gasteiger partial charge >= 0.3 is 0 Å². The molecule has 0 aliphatic heterocycles. The zero-order valence-electron chi connectivity index (χ0n) is 21.2. The molecular formula is C28H46N2O. The maximum absolute atomic E-state index is 8.58. The number of hydrogen-bond acceptors (Lipinski definition) is 2. The van der Waals surface area contributed by atoms with Crippen LogP contribution in [0.1, 0.15) is 63.9 Å². The number of aryl methyl sites for hydroxylation is 4. The van der Waals surface area contributed by atoms with Crippen LogP contribution in [-0.2, 0) is 17.6 Å². The van der Waals surface area contributed by atoms with E-state index >= 15 is 0 Å². The van der Waals surface area contributed by atoms with Gasteiger partial charge in [-0.25, -0.2) is 0 Å². The van der Waals surface area contributed by atoms with Crippen molar-refractivity contribution in [3.8, 4) is 0 Å². The maximum atomic E-state index is 8.58. The SMILES string of the molecule is C/C=C\C.C=CC=C.CC.CC.Cc1ccc(CCc2ccnc(C)c2)cc1.NC=O. The Morgan fingerprint density at radius 1 is 0.839 bits per heavy atom. The standard InChI is InChI=1S/C15H17N.C4H8.C4H6.2C2H6.CH3NO/c1-12-3-5-14(6-4-12)7-8-15-9-10-16-13(2)11-15;2*1-3-4-2;2*1-2;2-1-3/h3-6,9-11H,7-8H2,1-2H3;3-4H,1-2H3;3-4H,1-2H2;2*1-2H3;1H,(H2,2,3)/b;4-3-;;;;. The summed E-state index contributed by atoms with van der Waals surface area (Å²) in [4.78, 5) is 12.8. The normalized spacial score (nSPS) is 8.00. The van der Waals surface area contributed by atoms with Crippen LogP contribution in [0, 0.1) is 13.8 Å². The summed E-state index contributed by atoms with van der Waals surface area (Å²) in [5, 5.41) is 0. The van der Waals surface area contributed by atoms with Gasteiger partial charge in [-0.2, -0.15) is 0 Å². The monoisotopic (exact) mass is 426 g/mol. The molecule has 1 amide bonds. The molecular weight excluding hydrogens is 380 g/mol. The van der Waals surface area contributed by atoms with E-state index < -0.39 is 0 Å². The van der Waals surface area contributed by atoms with E-state index in [9.17, 15) is 0 Å². The van der Waals surface area contributed by atoms with Crippen molar-refractivity contribution in [3.63, 3.8) is 0 Å². The van der Waals surface area contributed by atoms with E-state index in [4.69, 9.17) is 4.79 Å². The number of carbonyl (C=O) groups is 1. The number of pyridine rings is 1. The molecule has 1 heterocycles.